The van der Waals surface area contributed by atoms with Crippen LogP contribution < -0.4 is 9.47 Å². The van der Waals surface area contributed by atoms with E-state index in [0.717, 1.165) is 4.90 Å². The fraction of sp³-hybridized carbons (Fsp3) is 0.421. The van der Waals surface area contributed by atoms with Gasteiger partial charge in [0.25, 0.3) is 0 Å². The highest BCUT2D eigenvalue weighted by Gasteiger charge is 2.41. The summed E-state index contributed by atoms with van der Waals surface area (Å²) in [5.74, 6) is -0.690. The van der Waals surface area contributed by atoms with Crippen LogP contribution in [0, 0.1) is 0 Å². The van der Waals surface area contributed by atoms with E-state index in [1.54, 1.807) is 18.2 Å². The minimum absolute atomic E-state index is 0.119. The maximum atomic E-state index is 12.2. The monoisotopic (exact) mass is 393 g/mol. The van der Waals surface area contributed by atoms with E-state index in [-0.39, 0.29) is 18.5 Å². The predicted octanol–water partition coefficient (Wildman–Crippen LogP) is 0.743. The number of esters is 2. The Balaban J connectivity index is 2.32. The molecule has 1 aliphatic heterocycles. The average Bonchev–Trinajstić information content (AvgIpc) is 2.92. The fourth-order valence-electron chi connectivity index (χ4n) is 2.84. The highest BCUT2D eigenvalue weighted by molar-refractivity contribution is 5.95. The van der Waals surface area contributed by atoms with E-state index >= 15 is 0 Å². The molecule has 2 unspecified atom stereocenters. The summed E-state index contributed by atoms with van der Waals surface area (Å²) in [7, 11) is 4.21. The molecule has 1 fully saturated rings. The van der Waals surface area contributed by atoms with Gasteiger partial charge in [-0.1, -0.05) is 0 Å². The predicted molar refractivity (Wildman–Crippen MR) is 97.4 cm³/mol. The molecule has 1 aliphatic rings. The highest BCUT2D eigenvalue weighted by Crippen LogP contribution is 2.26. The Morgan fingerprint density at radius 2 is 1.79 bits per heavy atom. The van der Waals surface area contributed by atoms with Crippen LogP contribution in [0.15, 0.2) is 23.8 Å². The van der Waals surface area contributed by atoms with Crippen molar-refractivity contribution in [2.45, 2.75) is 25.7 Å². The van der Waals surface area contributed by atoms with Gasteiger partial charge in [0.2, 0.25) is 5.91 Å². The molecule has 2 rings (SSSR count). The van der Waals surface area contributed by atoms with E-state index in [2.05, 4.69) is 0 Å². The summed E-state index contributed by atoms with van der Waals surface area (Å²) in [5, 5.41) is 10.3. The van der Waals surface area contributed by atoms with Crippen LogP contribution in [0.1, 0.15) is 18.9 Å². The molecule has 152 valence electrons. The maximum Gasteiger partial charge on any atom is 0.335 e. The van der Waals surface area contributed by atoms with Crippen LogP contribution in [0.4, 0.5) is 0 Å². The van der Waals surface area contributed by atoms with Gasteiger partial charge in [-0.3, -0.25) is 9.59 Å². The minimum atomic E-state index is -1.36. The molecule has 0 spiro atoms. The second kappa shape index (κ2) is 9.23. The molecule has 0 bridgehead atoms. The lowest BCUT2D eigenvalue weighted by Gasteiger charge is -2.23. The van der Waals surface area contributed by atoms with E-state index in [1.165, 1.54) is 34.3 Å². The van der Waals surface area contributed by atoms with Crippen LogP contribution in [-0.2, 0) is 23.9 Å². The second-order valence-electron chi connectivity index (χ2n) is 6.09. The molecule has 1 aromatic rings. The van der Waals surface area contributed by atoms with Gasteiger partial charge in [-0.05, 0) is 23.8 Å². The van der Waals surface area contributed by atoms with Crippen molar-refractivity contribution in [3.05, 3.63) is 29.3 Å². The number of aliphatic hydroxyl groups excluding tert-OH is 1. The first-order valence-electron chi connectivity index (χ1n) is 8.45. The van der Waals surface area contributed by atoms with E-state index in [1.807, 2.05) is 0 Å². The zero-order chi connectivity index (χ0) is 20.8. The maximum absolute atomic E-state index is 12.2. The van der Waals surface area contributed by atoms with Crippen molar-refractivity contribution in [2.24, 2.45) is 0 Å². The van der Waals surface area contributed by atoms with Crippen molar-refractivity contribution in [3.8, 4) is 11.5 Å². The Morgan fingerprint density at radius 3 is 2.29 bits per heavy atom. The van der Waals surface area contributed by atoms with Gasteiger partial charge in [0.05, 0.1) is 39.9 Å². The molecule has 1 N–H and O–H groups in total. The molecular weight excluding hydrogens is 370 g/mol. The third-order valence-electron chi connectivity index (χ3n) is 4.17. The average molecular weight is 393 g/mol. The molecule has 0 saturated carbocycles. The molecule has 28 heavy (non-hydrogen) atoms. The lowest BCUT2D eigenvalue weighted by atomic mass is 10.1. The molecule has 1 heterocycles. The lowest BCUT2D eigenvalue weighted by molar-refractivity contribution is -0.155. The van der Waals surface area contributed by atoms with Gasteiger partial charge in [0, 0.05) is 13.0 Å². The number of hydrogen-bond donors (Lipinski definition) is 1. The second-order valence-corrected chi connectivity index (χ2v) is 6.09. The van der Waals surface area contributed by atoms with Crippen LogP contribution in [0.25, 0.3) is 6.08 Å². The van der Waals surface area contributed by atoms with Crippen LogP contribution in [0.3, 0.4) is 0 Å². The standard InChI is InChI=1S/C19H23NO8/c1-11(21)28-16-9-17(22)20(18(16)23)10-13(19(24)27-4)5-12-6-14(25-2)8-15(7-12)26-3/h5-8,16,18,23H,9-10H2,1-4H3/b13-5+. The van der Waals surface area contributed by atoms with Crippen molar-refractivity contribution in [2.75, 3.05) is 27.9 Å². The normalized spacial score (nSPS) is 19.4. The summed E-state index contributed by atoms with van der Waals surface area (Å²) in [6.45, 7) is 0.972. The van der Waals surface area contributed by atoms with Crippen molar-refractivity contribution in [1.29, 1.82) is 0 Å². The Kier molecular flexibility index (Phi) is 7.00. The summed E-state index contributed by atoms with van der Waals surface area (Å²) >= 11 is 0. The molecule has 2 atom stereocenters. The minimum Gasteiger partial charge on any atom is -0.497 e. The van der Waals surface area contributed by atoms with E-state index < -0.39 is 30.2 Å². The van der Waals surface area contributed by atoms with Gasteiger partial charge in [0.1, 0.15) is 11.5 Å². The lowest BCUT2D eigenvalue weighted by Crippen LogP contribution is -2.40. The van der Waals surface area contributed by atoms with Crippen molar-refractivity contribution in [3.63, 3.8) is 0 Å². The number of amides is 1. The molecule has 0 radical (unpaired) electrons. The molecular formula is C19H23NO8. The number of methoxy groups -OCH3 is 3. The van der Waals surface area contributed by atoms with Gasteiger partial charge < -0.3 is 29.0 Å². The smallest absolute Gasteiger partial charge is 0.335 e. The van der Waals surface area contributed by atoms with Gasteiger partial charge >= 0.3 is 11.9 Å². The molecule has 9 nitrogen and oxygen atoms in total. The molecule has 0 aromatic heterocycles. The Labute approximate surface area is 162 Å². The van der Waals surface area contributed by atoms with Crippen molar-refractivity contribution < 1.29 is 38.4 Å². The first-order valence-corrected chi connectivity index (χ1v) is 8.45. The summed E-state index contributed by atoms with van der Waals surface area (Å²) < 4.78 is 20.2. The fourth-order valence-corrected chi connectivity index (χ4v) is 2.84. The van der Waals surface area contributed by atoms with E-state index in [4.69, 9.17) is 18.9 Å². The number of carbonyl (C=O) groups excluding carboxylic acids is 3. The number of likely N-dealkylation sites (tertiary alicyclic amines) is 1. The highest BCUT2D eigenvalue weighted by atomic mass is 16.6. The van der Waals surface area contributed by atoms with E-state index in [0.29, 0.717) is 17.1 Å². The Morgan fingerprint density at radius 1 is 1.18 bits per heavy atom. The number of hydrogen-bond acceptors (Lipinski definition) is 8. The number of aliphatic hydroxyl groups is 1. The topological polar surface area (TPSA) is 112 Å². The van der Waals surface area contributed by atoms with Crippen molar-refractivity contribution >= 4 is 23.9 Å². The number of ether oxygens (including phenoxy) is 4. The zero-order valence-electron chi connectivity index (χ0n) is 16.1. The SMILES string of the molecule is COC(=O)/C(=C/c1cc(OC)cc(OC)c1)CN1C(=O)CC(OC(C)=O)C1O. The van der Waals surface area contributed by atoms with Crippen LogP contribution in [0.5, 0.6) is 11.5 Å². The van der Waals surface area contributed by atoms with Crippen molar-refractivity contribution in [1.82, 2.24) is 4.90 Å². The molecule has 0 aliphatic carbocycles. The summed E-state index contributed by atoms with van der Waals surface area (Å²) in [6, 6.07) is 5.03. The van der Waals surface area contributed by atoms with Gasteiger partial charge in [-0.2, -0.15) is 0 Å². The quantitative estimate of drug-likeness (QED) is 0.533. The number of nitrogens with zero attached hydrogens (tertiary/aromatic N) is 1. The summed E-state index contributed by atoms with van der Waals surface area (Å²) in [6.07, 6.45) is -0.997. The summed E-state index contributed by atoms with van der Waals surface area (Å²) in [5.41, 5.74) is 0.697. The summed E-state index contributed by atoms with van der Waals surface area (Å²) in [4.78, 5) is 36.6. The first kappa shape index (κ1) is 21.2. The largest absolute Gasteiger partial charge is 0.497 e. The first-order chi connectivity index (χ1) is 13.3. The number of benzene rings is 1. The van der Waals surface area contributed by atoms with Crippen LogP contribution in [0.2, 0.25) is 0 Å². The Hall–Kier alpha value is -3.07. The third-order valence-corrected chi connectivity index (χ3v) is 4.17. The number of rotatable bonds is 7. The van der Waals surface area contributed by atoms with E-state index in [9.17, 15) is 19.5 Å². The third kappa shape index (κ3) is 5.01. The van der Waals surface area contributed by atoms with Gasteiger partial charge in [0.15, 0.2) is 12.3 Å². The molecule has 1 amide bonds. The van der Waals surface area contributed by atoms with Crippen LogP contribution in [-0.4, -0.2) is 68.1 Å². The zero-order valence-corrected chi connectivity index (χ0v) is 16.1. The van der Waals surface area contributed by atoms with Gasteiger partial charge in [-0.15, -0.1) is 0 Å². The molecule has 1 saturated heterocycles. The van der Waals surface area contributed by atoms with Gasteiger partial charge in [-0.25, -0.2) is 4.79 Å². The Bertz CT molecular complexity index is 766. The number of carbonyl (C=O) groups is 3. The van der Waals surface area contributed by atoms with Crippen LogP contribution >= 0.6 is 0 Å². The molecule has 1 aromatic carbocycles. The molecule has 9 heteroatoms.